The van der Waals surface area contributed by atoms with Crippen LogP contribution < -0.4 is 0 Å². The molecule has 0 N–H and O–H groups in total. The summed E-state index contributed by atoms with van der Waals surface area (Å²) in [5, 5.41) is 0. The van der Waals surface area contributed by atoms with Crippen molar-refractivity contribution in [3.8, 4) is 0 Å². The zero-order valence-electron chi connectivity index (χ0n) is 11.5. The third kappa shape index (κ3) is 4.20. The quantitative estimate of drug-likeness (QED) is 0.807. The van der Waals surface area contributed by atoms with Crippen LogP contribution in [0.2, 0.25) is 0 Å². The van der Waals surface area contributed by atoms with E-state index in [2.05, 4.69) is 4.98 Å². The van der Waals surface area contributed by atoms with E-state index in [1.165, 1.54) is 0 Å². The van der Waals surface area contributed by atoms with E-state index >= 15 is 0 Å². The van der Waals surface area contributed by atoms with Gasteiger partial charge in [0.1, 0.15) is 5.69 Å². The van der Waals surface area contributed by atoms with Gasteiger partial charge in [0.05, 0.1) is 6.61 Å². The molecule has 1 atom stereocenters. The van der Waals surface area contributed by atoms with Gasteiger partial charge in [0.15, 0.2) is 0 Å². The molecule has 0 aliphatic carbocycles. The van der Waals surface area contributed by atoms with Crippen molar-refractivity contribution in [3.63, 3.8) is 0 Å². The van der Waals surface area contributed by atoms with Gasteiger partial charge < -0.3 is 4.74 Å². The summed E-state index contributed by atoms with van der Waals surface area (Å²) in [7, 11) is 0. The lowest BCUT2D eigenvalue weighted by Crippen LogP contribution is -2.12. The van der Waals surface area contributed by atoms with Crippen LogP contribution in [0.1, 0.15) is 50.1 Å². The fourth-order valence-electron chi connectivity index (χ4n) is 1.94. The normalized spacial score (nSPS) is 18.9. The molecule has 1 fully saturated rings. The Morgan fingerprint density at radius 2 is 2.00 bits per heavy atom. The van der Waals surface area contributed by atoms with Crippen LogP contribution in [0.15, 0.2) is 12.1 Å². The largest absolute Gasteiger partial charge is 0.433 e. The number of aromatic nitrogens is 1. The fraction of sp³-hybridized carbons (Fsp3) is 0.643. The molecule has 0 saturated carbocycles. The van der Waals surface area contributed by atoms with Gasteiger partial charge in [-0.1, -0.05) is 20.8 Å². The van der Waals surface area contributed by atoms with E-state index < -0.39 is 11.9 Å². The summed E-state index contributed by atoms with van der Waals surface area (Å²) in [6.45, 7) is 6.91. The second-order valence-corrected chi connectivity index (χ2v) is 4.20. The zero-order chi connectivity index (χ0) is 14.5. The van der Waals surface area contributed by atoms with Crippen LogP contribution >= 0.6 is 0 Å². The zero-order valence-corrected chi connectivity index (χ0v) is 11.5. The van der Waals surface area contributed by atoms with Crippen LogP contribution in [0.5, 0.6) is 0 Å². The Bertz CT molecular complexity index is 398. The number of alkyl halides is 3. The number of ether oxygens (including phenoxy) is 1. The molecule has 19 heavy (non-hydrogen) atoms. The van der Waals surface area contributed by atoms with Crippen molar-refractivity contribution in [2.45, 2.75) is 45.7 Å². The molecule has 1 aromatic rings. The SMILES string of the molecule is CC.CCc1cc(C2CCOC2)nc(C(F)(F)F)c1. The van der Waals surface area contributed by atoms with Crippen LogP contribution in [0.25, 0.3) is 0 Å². The standard InChI is InChI=1S/C12H14F3NO.C2H6/c1-2-8-5-10(9-3-4-17-7-9)16-11(6-8)12(13,14)15;1-2/h5-6,9H,2-4,7H2,1H3;1-2H3. The molecule has 1 saturated heterocycles. The van der Waals surface area contributed by atoms with E-state index in [-0.39, 0.29) is 5.92 Å². The summed E-state index contributed by atoms with van der Waals surface area (Å²) in [5.74, 6) is 0.00241. The Hall–Kier alpha value is -1.10. The summed E-state index contributed by atoms with van der Waals surface area (Å²) in [5.41, 5.74) is 0.391. The molecule has 1 aliphatic heterocycles. The molecule has 5 heteroatoms. The number of aryl methyl sites for hydroxylation is 1. The first-order valence-electron chi connectivity index (χ1n) is 6.66. The Morgan fingerprint density at radius 3 is 2.47 bits per heavy atom. The van der Waals surface area contributed by atoms with Crippen molar-refractivity contribution >= 4 is 0 Å². The maximum Gasteiger partial charge on any atom is 0.433 e. The molecular weight excluding hydrogens is 255 g/mol. The van der Waals surface area contributed by atoms with Crippen LogP contribution in [0.3, 0.4) is 0 Å². The van der Waals surface area contributed by atoms with Crippen molar-refractivity contribution in [2.24, 2.45) is 0 Å². The van der Waals surface area contributed by atoms with E-state index in [4.69, 9.17) is 4.74 Å². The molecule has 0 radical (unpaired) electrons. The lowest BCUT2D eigenvalue weighted by atomic mass is 10.0. The van der Waals surface area contributed by atoms with Gasteiger partial charge in [-0.3, -0.25) is 0 Å². The second-order valence-electron chi connectivity index (χ2n) is 4.20. The van der Waals surface area contributed by atoms with Gasteiger partial charge in [0.25, 0.3) is 0 Å². The lowest BCUT2D eigenvalue weighted by Gasteiger charge is -2.13. The maximum absolute atomic E-state index is 12.7. The first-order chi connectivity index (χ1) is 9.00. The van der Waals surface area contributed by atoms with E-state index in [0.29, 0.717) is 30.9 Å². The fourth-order valence-corrected chi connectivity index (χ4v) is 1.94. The molecule has 0 spiro atoms. The highest BCUT2D eigenvalue weighted by Crippen LogP contribution is 2.31. The summed E-state index contributed by atoms with van der Waals surface area (Å²) in [4.78, 5) is 3.73. The Balaban J connectivity index is 0.000000861. The molecule has 2 heterocycles. The number of nitrogens with zero attached hydrogens (tertiary/aromatic N) is 1. The summed E-state index contributed by atoms with van der Waals surface area (Å²) in [6, 6.07) is 2.88. The number of rotatable bonds is 2. The van der Waals surface area contributed by atoms with E-state index in [1.54, 1.807) is 6.07 Å². The Kier molecular flexibility index (Phi) is 5.79. The smallest absolute Gasteiger partial charge is 0.381 e. The average molecular weight is 275 g/mol. The number of halogens is 3. The Labute approximate surface area is 112 Å². The molecule has 1 aliphatic rings. The second kappa shape index (κ2) is 6.89. The maximum atomic E-state index is 12.7. The van der Waals surface area contributed by atoms with Crippen molar-refractivity contribution < 1.29 is 17.9 Å². The minimum atomic E-state index is -4.38. The molecule has 0 bridgehead atoms. The average Bonchev–Trinajstić information content (AvgIpc) is 2.93. The van der Waals surface area contributed by atoms with Crippen LogP contribution in [-0.4, -0.2) is 18.2 Å². The topological polar surface area (TPSA) is 22.1 Å². The van der Waals surface area contributed by atoms with Crippen LogP contribution in [-0.2, 0) is 17.3 Å². The molecule has 2 nitrogen and oxygen atoms in total. The molecule has 0 aromatic carbocycles. The van der Waals surface area contributed by atoms with Crippen LogP contribution in [0.4, 0.5) is 13.2 Å². The van der Waals surface area contributed by atoms with Gasteiger partial charge in [-0.15, -0.1) is 0 Å². The number of hydrogen-bond acceptors (Lipinski definition) is 2. The molecule has 1 aromatic heterocycles. The van der Waals surface area contributed by atoms with E-state index in [1.807, 2.05) is 20.8 Å². The summed E-state index contributed by atoms with van der Waals surface area (Å²) < 4.78 is 43.2. The van der Waals surface area contributed by atoms with Crippen molar-refractivity contribution in [1.82, 2.24) is 4.98 Å². The monoisotopic (exact) mass is 275 g/mol. The number of pyridine rings is 1. The van der Waals surface area contributed by atoms with Gasteiger partial charge in [-0.25, -0.2) is 4.98 Å². The summed E-state index contributed by atoms with van der Waals surface area (Å²) in [6.07, 6.45) is -3.05. The van der Waals surface area contributed by atoms with E-state index in [9.17, 15) is 13.2 Å². The third-order valence-electron chi connectivity index (χ3n) is 2.95. The van der Waals surface area contributed by atoms with Crippen molar-refractivity contribution in [2.75, 3.05) is 13.2 Å². The molecule has 0 amide bonds. The lowest BCUT2D eigenvalue weighted by molar-refractivity contribution is -0.141. The van der Waals surface area contributed by atoms with Crippen LogP contribution in [0, 0.1) is 0 Å². The first-order valence-corrected chi connectivity index (χ1v) is 6.66. The number of hydrogen-bond donors (Lipinski definition) is 0. The third-order valence-corrected chi connectivity index (χ3v) is 2.95. The van der Waals surface area contributed by atoms with Gasteiger partial charge in [0, 0.05) is 18.2 Å². The van der Waals surface area contributed by atoms with Gasteiger partial charge in [-0.2, -0.15) is 13.2 Å². The van der Waals surface area contributed by atoms with Gasteiger partial charge in [0.2, 0.25) is 0 Å². The molecule has 2 rings (SSSR count). The van der Waals surface area contributed by atoms with Gasteiger partial charge >= 0.3 is 6.18 Å². The minimum Gasteiger partial charge on any atom is -0.381 e. The summed E-state index contributed by atoms with van der Waals surface area (Å²) >= 11 is 0. The van der Waals surface area contributed by atoms with Crippen molar-refractivity contribution in [3.05, 3.63) is 29.1 Å². The Morgan fingerprint density at radius 1 is 1.32 bits per heavy atom. The first kappa shape index (κ1) is 16.0. The predicted octanol–water partition coefficient (Wildman–Crippen LogP) is 4.19. The molecular formula is C14H20F3NO. The predicted molar refractivity (Wildman–Crippen MR) is 68.1 cm³/mol. The highest BCUT2D eigenvalue weighted by molar-refractivity contribution is 5.25. The molecule has 1 unspecified atom stereocenters. The molecule has 108 valence electrons. The van der Waals surface area contributed by atoms with E-state index in [0.717, 1.165) is 12.5 Å². The van der Waals surface area contributed by atoms with Crippen molar-refractivity contribution in [1.29, 1.82) is 0 Å². The van der Waals surface area contributed by atoms with Gasteiger partial charge in [-0.05, 0) is 30.5 Å². The highest BCUT2D eigenvalue weighted by atomic mass is 19.4. The highest BCUT2D eigenvalue weighted by Gasteiger charge is 2.34. The minimum absolute atomic E-state index is 0.00241.